The molecular formula is C16H18N2O2. The molecule has 0 amide bonds. The Bertz CT molecular complexity index is 609. The Kier molecular flexibility index (Phi) is 4.60. The lowest BCUT2D eigenvalue weighted by Crippen LogP contribution is -2.13. The largest absolute Gasteiger partial charge is 0.489 e. The number of hydrogen-bond acceptors (Lipinski definition) is 3. The fraction of sp³-hybridized carbons (Fsp3) is 0.188. The molecular weight excluding hydrogens is 252 g/mol. The van der Waals surface area contributed by atoms with Gasteiger partial charge in [0.25, 0.3) is 0 Å². The monoisotopic (exact) mass is 270 g/mol. The third-order valence-electron chi connectivity index (χ3n) is 3.04. The van der Waals surface area contributed by atoms with Crippen molar-refractivity contribution >= 4 is 5.84 Å². The highest BCUT2D eigenvalue weighted by Crippen LogP contribution is 2.16. The van der Waals surface area contributed by atoms with Gasteiger partial charge in [0.2, 0.25) is 0 Å². The minimum atomic E-state index is 0.0971. The van der Waals surface area contributed by atoms with Crippen LogP contribution in [0.15, 0.2) is 53.7 Å². The summed E-state index contributed by atoms with van der Waals surface area (Å²) >= 11 is 0. The molecule has 3 N–H and O–H groups in total. The number of hydrogen-bond donors (Lipinski definition) is 2. The quantitative estimate of drug-likeness (QED) is 0.380. The molecule has 0 unspecified atom stereocenters. The molecule has 20 heavy (non-hydrogen) atoms. The molecule has 0 fully saturated rings. The molecule has 4 nitrogen and oxygen atoms in total. The van der Waals surface area contributed by atoms with Crippen molar-refractivity contribution in [2.45, 2.75) is 20.0 Å². The van der Waals surface area contributed by atoms with Crippen LogP contribution >= 0.6 is 0 Å². The maximum atomic E-state index is 8.68. The maximum Gasteiger partial charge on any atom is 0.170 e. The predicted octanol–water partition coefficient (Wildman–Crippen LogP) is 2.92. The summed E-state index contributed by atoms with van der Waals surface area (Å²) < 4.78 is 5.76. The average Bonchev–Trinajstić information content (AvgIpc) is 2.52. The first kappa shape index (κ1) is 13.9. The minimum Gasteiger partial charge on any atom is -0.489 e. The highest BCUT2D eigenvalue weighted by atomic mass is 16.5. The predicted molar refractivity (Wildman–Crippen MR) is 79.1 cm³/mol. The van der Waals surface area contributed by atoms with Gasteiger partial charge in [-0.2, -0.15) is 0 Å². The number of ether oxygens (including phenoxy) is 1. The SMILES string of the molecule is CCc1cccc(OCc2cccc(/C(N)=N/O)c2)c1. The van der Waals surface area contributed by atoms with E-state index in [-0.39, 0.29) is 5.84 Å². The van der Waals surface area contributed by atoms with Crippen molar-refractivity contribution in [2.75, 3.05) is 0 Å². The first-order valence-corrected chi connectivity index (χ1v) is 6.51. The van der Waals surface area contributed by atoms with Crippen LogP contribution in [-0.2, 0) is 13.0 Å². The molecule has 0 saturated carbocycles. The second-order valence-corrected chi connectivity index (χ2v) is 4.48. The molecule has 0 aromatic heterocycles. The van der Waals surface area contributed by atoms with Gasteiger partial charge in [0.1, 0.15) is 12.4 Å². The van der Waals surface area contributed by atoms with Gasteiger partial charge in [0.05, 0.1) is 0 Å². The fourth-order valence-corrected chi connectivity index (χ4v) is 1.90. The molecule has 0 aliphatic heterocycles. The fourth-order valence-electron chi connectivity index (χ4n) is 1.90. The van der Waals surface area contributed by atoms with Crippen LogP contribution in [0.1, 0.15) is 23.6 Å². The van der Waals surface area contributed by atoms with Gasteiger partial charge in [-0.05, 0) is 35.7 Å². The lowest BCUT2D eigenvalue weighted by atomic mass is 10.1. The zero-order valence-corrected chi connectivity index (χ0v) is 11.4. The molecule has 0 atom stereocenters. The Morgan fingerprint density at radius 2 is 1.90 bits per heavy atom. The van der Waals surface area contributed by atoms with Crippen LogP contribution in [0.4, 0.5) is 0 Å². The molecule has 2 aromatic rings. The second-order valence-electron chi connectivity index (χ2n) is 4.48. The van der Waals surface area contributed by atoms with Crippen LogP contribution in [0.25, 0.3) is 0 Å². The summed E-state index contributed by atoms with van der Waals surface area (Å²) in [4.78, 5) is 0. The summed E-state index contributed by atoms with van der Waals surface area (Å²) in [6.45, 7) is 2.55. The van der Waals surface area contributed by atoms with Crippen LogP contribution in [-0.4, -0.2) is 11.0 Å². The standard InChI is InChI=1S/C16H18N2O2/c1-2-12-5-4-8-15(10-12)20-11-13-6-3-7-14(9-13)16(17)18-19/h3-10,19H,2,11H2,1H3,(H2,17,18). The van der Waals surface area contributed by atoms with Crippen molar-refractivity contribution in [1.29, 1.82) is 0 Å². The highest BCUT2D eigenvalue weighted by molar-refractivity contribution is 5.97. The lowest BCUT2D eigenvalue weighted by molar-refractivity contribution is 0.306. The molecule has 0 radical (unpaired) electrons. The van der Waals surface area contributed by atoms with Crippen molar-refractivity contribution < 1.29 is 9.94 Å². The van der Waals surface area contributed by atoms with E-state index in [2.05, 4.69) is 18.1 Å². The first-order chi connectivity index (χ1) is 9.72. The van der Waals surface area contributed by atoms with Gasteiger partial charge in [-0.15, -0.1) is 0 Å². The molecule has 4 heteroatoms. The molecule has 0 saturated heterocycles. The van der Waals surface area contributed by atoms with Crippen LogP contribution in [0.3, 0.4) is 0 Å². The number of rotatable bonds is 5. The lowest BCUT2D eigenvalue weighted by Gasteiger charge is -2.08. The third-order valence-corrected chi connectivity index (χ3v) is 3.04. The number of nitrogens with two attached hydrogens (primary N) is 1. The van der Waals surface area contributed by atoms with Crippen LogP contribution in [0, 0.1) is 0 Å². The summed E-state index contributed by atoms with van der Waals surface area (Å²) in [5, 5.41) is 11.7. The Balaban J connectivity index is 2.07. The molecule has 0 aliphatic carbocycles. The smallest absolute Gasteiger partial charge is 0.170 e. The van der Waals surface area contributed by atoms with E-state index in [0.29, 0.717) is 12.2 Å². The highest BCUT2D eigenvalue weighted by Gasteiger charge is 2.02. The van der Waals surface area contributed by atoms with Crippen LogP contribution in [0.5, 0.6) is 5.75 Å². The Labute approximate surface area is 118 Å². The number of aryl methyl sites for hydroxylation is 1. The van der Waals surface area contributed by atoms with E-state index in [1.54, 1.807) is 6.07 Å². The van der Waals surface area contributed by atoms with Gasteiger partial charge in [0, 0.05) is 5.56 Å². The maximum absolute atomic E-state index is 8.68. The molecule has 104 valence electrons. The van der Waals surface area contributed by atoms with E-state index < -0.39 is 0 Å². The second kappa shape index (κ2) is 6.61. The first-order valence-electron chi connectivity index (χ1n) is 6.51. The summed E-state index contributed by atoms with van der Waals surface area (Å²) in [5.74, 6) is 0.943. The molecule has 0 bridgehead atoms. The summed E-state index contributed by atoms with van der Waals surface area (Å²) in [6.07, 6.45) is 0.982. The minimum absolute atomic E-state index is 0.0971. The van der Waals surface area contributed by atoms with Crippen molar-refractivity contribution in [1.82, 2.24) is 0 Å². The molecule has 0 heterocycles. The molecule has 2 aromatic carbocycles. The summed E-state index contributed by atoms with van der Waals surface area (Å²) in [7, 11) is 0. The van der Waals surface area contributed by atoms with Crippen LogP contribution in [0.2, 0.25) is 0 Å². The van der Waals surface area contributed by atoms with Gasteiger partial charge < -0.3 is 15.7 Å². The molecule has 0 spiro atoms. The van der Waals surface area contributed by atoms with Gasteiger partial charge in [-0.25, -0.2) is 0 Å². The number of benzene rings is 2. The van der Waals surface area contributed by atoms with E-state index >= 15 is 0 Å². The normalized spacial score (nSPS) is 11.3. The van der Waals surface area contributed by atoms with Crippen molar-refractivity contribution in [3.8, 4) is 5.75 Å². The van der Waals surface area contributed by atoms with E-state index in [4.69, 9.17) is 15.7 Å². The van der Waals surface area contributed by atoms with Crippen molar-refractivity contribution in [3.05, 3.63) is 65.2 Å². The van der Waals surface area contributed by atoms with E-state index in [1.165, 1.54) is 5.56 Å². The third kappa shape index (κ3) is 3.51. The molecule has 0 aliphatic rings. The van der Waals surface area contributed by atoms with Crippen molar-refractivity contribution in [2.24, 2.45) is 10.9 Å². The van der Waals surface area contributed by atoms with Gasteiger partial charge in [-0.3, -0.25) is 0 Å². The zero-order chi connectivity index (χ0) is 14.4. The van der Waals surface area contributed by atoms with Gasteiger partial charge in [0.15, 0.2) is 5.84 Å². The van der Waals surface area contributed by atoms with E-state index in [9.17, 15) is 0 Å². The summed E-state index contributed by atoms with van der Waals surface area (Å²) in [5.41, 5.74) is 8.46. The Morgan fingerprint density at radius 3 is 2.65 bits per heavy atom. The number of nitrogens with zero attached hydrogens (tertiary/aromatic N) is 1. The van der Waals surface area contributed by atoms with Gasteiger partial charge >= 0.3 is 0 Å². The number of oxime groups is 1. The van der Waals surface area contributed by atoms with E-state index in [1.807, 2.05) is 36.4 Å². The zero-order valence-electron chi connectivity index (χ0n) is 11.4. The average molecular weight is 270 g/mol. The van der Waals surface area contributed by atoms with Crippen molar-refractivity contribution in [3.63, 3.8) is 0 Å². The van der Waals surface area contributed by atoms with Gasteiger partial charge in [-0.1, -0.05) is 42.4 Å². The Morgan fingerprint density at radius 1 is 1.15 bits per heavy atom. The number of amidine groups is 1. The van der Waals surface area contributed by atoms with Crippen LogP contribution < -0.4 is 10.5 Å². The van der Waals surface area contributed by atoms with E-state index in [0.717, 1.165) is 17.7 Å². The molecule has 2 rings (SSSR count). The topological polar surface area (TPSA) is 67.8 Å². The Hall–Kier alpha value is -2.49. The summed E-state index contributed by atoms with van der Waals surface area (Å²) in [6, 6.07) is 15.5.